The van der Waals surface area contributed by atoms with Gasteiger partial charge in [0.2, 0.25) is 0 Å². The smallest absolute Gasteiger partial charge is 0.0739 e. The highest BCUT2D eigenvalue weighted by Gasteiger charge is 2.09. The maximum atomic E-state index is 4.37. The summed E-state index contributed by atoms with van der Waals surface area (Å²) in [6.45, 7) is 3.86. The third kappa shape index (κ3) is 3.18. The minimum absolute atomic E-state index is 0.850. The maximum Gasteiger partial charge on any atom is 0.0739 e. The second kappa shape index (κ2) is 5.80. The van der Waals surface area contributed by atoms with Crippen molar-refractivity contribution >= 4 is 27.3 Å². The van der Waals surface area contributed by atoms with Gasteiger partial charge in [-0.15, -0.1) is 11.3 Å². The van der Waals surface area contributed by atoms with Crippen molar-refractivity contribution in [3.8, 4) is 0 Å². The number of nitrogens with zero attached hydrogens (tertiary/aromatic N) is 2. The van der Waals surface area contributed by atoms with Gasteiger partial charge in [-0.05, 0) is 40.7 Å². The van der Waals surface area contributed by atoms with Crippen LogP contribution >= 0.6 is 27.3 Å². The van der Waals surface area contributed by atoms with Crippen molar-refractivity contribution < 1.29 is 0 Å². The van der Waals surface area contributed by atoms with E-state index in [1.807, 2.05) is 30.0 Å². The first kappa shape index (κ1) is 12.8. The summed E-state index contributed by atoms with van der Waals surface area (Å²) in [4.78, 5) is 1.43. The van der Waals surface area contributed by atoms with Crippen LogP contribution in [0.25, 0.3) is 0 Å². The Morgan fingerprint density at radius 1 is 1.53 bits per heavy atom. The molecule has 0 amide bonds. The largest absolute Gasteiger partial charge is 0.311 e. The summed E-state index contributed by atoms with van der Waals surface area (Å²) < 4.78 is 3.04. The zero-order valence-electron chi connectivity index (χ0n) is 10.0. The Bertz CT molecular complexity index is 476. The first-order valence-electron chi connectivity index (χ1n) is 5.59. The Balaban J connectivity index is 1.82. The molecule has 0 aliphatic heterocycles. The lowest BCUT2D eigenvalue weighted by Gasteiger charge is -2.05. The molecule has 0 bridgehead atoms. The minimum Gasteiger partial charge on any atom is -0.311 e. The topological polar surface area (TPSA) is 29.9 Å². The molecule has 2 aromatic heterocycles. The molecule has 17 heavy (non-hydrogen) atoms. The van der Waals surface area contributed by atoms with Crippen LogP contribution in [-0.2, 0) is 20.0 Å². The molecule has 0 spiro atoms. The third-order valence-electron chi connectivity index (χ3n) is 2.68. The first-order chi connectivity index (χ1) is 8.18. The van der Waals surface area contributed by atoms with Gasteiger partial charge in [0.25, 0.3) is 0 Å². The van der Waals surface area contributed by atoms with Crippen molar-refractivity contribution in [1.29, 1.82) is 0 Å². The predicted octanol–water partition coefficient (Wildman–Crippen LogP) is 2.88. The van der Waals surface area contributed by atoms with Gasteiger partial charge < -0.3 is 5.32 Å². The second-order valence-corrected chi connectivity index (χ2v) is 5.80. The van der Waals surface area contributed by atoms with E-state index >= 15 is 0 Å². The van der Waals surface area contributed by atoms with E-state index in [9.17, 15) is 0 Å². The standard InChI is InChI=1S/C12H16BrN3S/c1-9-12(13)11(16(2)15-9)8-14-6-5-10-4-3-7-17-10/h3-4,7,14H,5-6,8H2,1-2H3. The summed E-state index contributed by atoms with van der Waals surface area (Å²) in [7, 11) is 1.98. The quantitative estimate of drug-likeness (QED) is 0.860. The van der Waals surface area contributed by atoms with Crippen molar-refractivity contribution in [1.82, 2.24) is 15.1 Å². The Labute approximate surface area is 114 Å². The Hall–Kier alpha value is -0.650. The lowest BCUT2D eigenvalue weighted by atomic mass is 10.3. The summed E-state index contributed by atoms with van der Waals surface area (Å²) in [6, 6.07) is 4.28. The number of halogens is 1. The number of hydrogen-bond acceptors (Lipinski definition) is 3. The molecule has 5 heteroatoms. The molecule has 0 fully saturated rings. The molecule has 0 unspecified atom stereocenters. The summed E-state index contributed by atoms with van der Waals surface area (Å²) in [6.07, 6.45) is 1.09. The molecule has 0 aliphatic rings. The third-order valence-corrected chi connectivity index (χ3v) is 4.65. The van der Waals surface area contributed by atoms with Crippen LogP contribution in [0, 0.1) is 6.92 Å². The molecule has 0 radical (unpaired) electrons. The Kier molecular flexibility index (Phi) is 4.36. The van der Waals surface area contributed by atoms with Crippen LogP contribution in [0.2, 0.25) is 0 Å². The van der Waals surface area contributed by atoms with Gasteiger partial charge in [-0.2, -0.15) is 5.10 Å². The van der Waals surface area contributed by atoms with E-state index < -0.39 is 0 Å². The average Bonchev–Trinajstić information content (AvgIpc) is 2.87. The number of thiophene rings is 1. The number of rotatable bonds is 5. The van der Waals surface area contributed by atoms with E-state index in [0.29, 0.717) is 0 Å². The maximum absolute atomic E-state index is 4.37. The van der Waals surface area contributed by atoms with Crippen LogP contribution in [0.3, 0.4) is 0 Å². The van der Waals surface area contributed by atoms with E-state index in [-0.39, 0.29) is 0 Å². The lowest BCUT2D eigenvalue weighted by Crippen LogP contribution is -2.18. The molecule has 0 aromatic carbocycles. The van der Waals surface area contributed by atoms with E-state index in [1.54, 1.807) is 0 Å². The normalized spacial score (nSPS) is 11.0. The Morgan fingerprint density at radius 2 is 2.35 bits per heavy atom. The molecular weight excluding hydrogens is 298 g/mol. The summed E-state index contributed by atoms with van der Waals surface area (Å²) in [5, 5.41) is 9.94. The van der Waals surface area contributed by atoms with Crippen LogP contribution in [0.5, 0.6) is 0 Å². The molecule has 2 heterocycles. The average molecular weight is 314 g/mol. The molecular formula is C12H16BrN3S. The highest BCUT2D eigenvalue weighted by molar-refractivity contribution is 9.10. The molecule has 2 rings (SSSR count). The summed E-state index contributed by atoms with van der Waals surface area (Å²) >= 11 is 5.38. The van der Waals surface area contributed by atoms with Crippen molar-refractivity contribution in [3.05, 3.63) is 38.3 Å². The summed E-state index contributed by atoms with van der Waals surface area (Å²) in [5.74, 6) is 0. The van der Waals surface area contributed by atoms with E-state index in [0.717, 1.165) is 29.7 Å². The second-order valence-electron chi connectivity index (χ2n) is 3.98. The molecule has 2 aromatic rings. The molecule has 3 nitrogen and oxygen atoms in total. The van der Waals surface area contributed by atoms with Gasteiger partial charge in [-0.1, -0.05) is 6.07 Å². The Morgan fingerprint density at radius 3 is 2.94 bits per heavy atom. The van der Waals surface area contributed by atoms with E-state index in [1.165, 1.54) is 10.6 Å². The lowest BCUT2D eigenvalue weighted by molar-refractivity contribution is 0.624. The van der Waals surface area contributed by atoms with Crippen molar-refractivity contribution in [2.45, 2.75) is 19.9 Å². The zero-order valence-corrected chi connectivity index (χ0v) is 12.4. The van der Waals surface area contributed by atoms with Crippen LogP contribution in [0.15, 0.2) is 22.0 Å². The van der Waals surface area contributed by atoms with Gasteiger partial charge in [-0.25, -0.2) is 0 Å². The molecule has 1 N–H and O–H groups in total. The highest BCUT2D eigenvalue weighted by atomic mass is 79.9. The molecule has 0 saturated heterocycles. The summed E-state index contributed by atoms with van der Waals surface area (Å²) in [5.41, 5.74) is 2.25. The fraction of sp³-hybridized carbons (Fsp3) is 0.417. The van der Waals surface area contributed by atoms with E-state index in [2.05, 4.69) is 43.9 Å². The highest BCUT2D eigenvalue weighted by Crippen LogP contribution is 2.19. The molecule has 0 saturated carbocycles. The number of nitrogens with one attached hydrogen (secondary N) is 1. The van der Waals surface area contributed by atoms with Gasteiger partial charge in [0.05, 0.1) is 15.9 Å². The van der Waals surface area contributed by atoms with Crippen LogP contribution < -0.4 is 5.32 Å². The van der Waals surface area contributed by atoms with Gasteiger partial charge in [0.1, 0.15) is 0 Å². The SMILES string of the molecule is Cc1nn(C)c(CNCCc2cccs2)c1Br. The fourth-order valence-corrected chi connectivity index (χ4v) is 2.93. The van der Waals surface area contributed by atoms with Gasteiger partial charge in [-0.3, -0.25) is 4.68 Å². The van der Waals surface area contributed by atoms with Crippen LogP contribution in [0.4, 0.5) is 0 Å². The van der Waals surface area contributed by atoms with Gasteiger partial charge in [0, 0.05) is 25.0 Å². The number of aromatic nitrogens is 2. The minimum atomic E-state index is 0.850. The fourth-order valence-electron chi connectivity index (χ4n) is 1.75. The van der Waals surface area contributed by atoms with Crippen LogP contribution in [0.1, 0.15) is 16.3 Å². The van der Waals surface area contributed by atoms with Crippen molar-refractivity contribution in [2.24, 2.45) is 7.05 Å². The van der Waals surface area contributed by atoms with Crippen molar-refractivity contribution in [3.63, 3.8) is 0 Å². The zero-order chi connectivity index (χ0) is 12.3. The van der Waals surface area contributed by atoms with E-state index in [4.69, 9.17) is 0 Å². The molecule has 0 aliphatic carbocycles. The number of aryl methyl sites for hydroxylation is 2. The van der Waals surface area contributed by atoms with Crippen LogP contribution in [-0.4, -0.2) is 16.3 Å². The first-order valence-corrected chi connectivity index (χ1v) is 7.27. The molecule has 92 valence electrons. The molecule has 0 atom stereocenters. The monoisotopic (exact) mass is 313 g/mol. The van der Waals surface area contributed by atoms with Crippen molar-refractivity contribution in [2.75, 3.05) is 6.54 Å². The predicted molar refractivity (Wildman–Crippen MR) is 75.4 cm³/mol. The van der Waals surface area contributed by atoms with Gasteiger partial charge in [0.15, 0.2) is 0 Å². The van der Waals surface area contributed by atoms with Gasteiger partial charge >= 0.3 is 0 Å². The number of hydrogen-bond donors (Lipinski definition) is 1.